The van der Waals surface area contributed by atoms with Crippen molar-refractivity contribution in [1.29, 1.82) is 0 Å². The summed E-state index contributed by atoms with van der Waals surface area (Å²) in [4.78, 5) is 36.0. The van der Waals surface area contributed by atoms with E-state index in [2.05, 4.69) is 16.0 Å². The lowest BCUT2D eigenvalue weighted by molar-refractivity contribution is -0.122. The average molecular weight is 378 g/mol. The van der Waals surface area contributed by atoms with Crippen molar-refractivity contribution >= 4 is 35.2 Å². The van der Waals surface area contributed by atoms with Crippen molar-refractivity contribution in [2.24, 2.45) is 0 Å². The van der Waals surface area contributed by atoms with E-state index in [-0.39, 0.29) is 23.0 Å². The lowest BCUT2D eigenvalue weighted by atomic mass is 10.2. The van der Waals surface area contributed by atoms with E-state index in [1.165, 1.54) is 31.5 Å². The second-order valence-electron chi connectivity index (χ2n) is 6.56. The Labute approximate surface area is 158 Å². The van der Waals surface area contributed by atoms with Crippen LogP contribution in [0.5, 0.6) is 0 Å². The largest absolute Gasteiger partial charge is 0.355 e. The molecule has 26 heavy (non-hydrogen) atoms. The van der Waals surface area contributed by atoms with Gasteiger partial charge in [0.25, 0.3) is 0 Å². The lowest BCUT2D eigenvalue weighted by Crippen LogP contribution is -2.37. The van der Waals surface area contributed by atoms with Gasteiger partial charge in [-0.15, -0.1) is 11.8 Å². The molecule has 0 spiro atoms. The zero-order valence-electron chi connectivity index (χ0n) is 15.3. The van der Waals surface area contributed by atoms with Crippen LogP contribution < -0.4 is 16.0 Å². The van der Waals surface area contributed by atoms with Crippen molar-refractivity contribution < 1.29 is 14.4 Å². The van der Waals surface area contributed by atoms with E-state index in [1.807, 2.05) is 31.2 Å². The Morgan fingerprint density at radius 1 is 1.15 bits per heavy atom. The van der Waals surface area contributed by atoms with E-state index >= 15 is 0 Å². The summed E-state index contributed by atoms with van der Waals surface area (Å²) in [5.41, 5.74) is 0.729. The first-order valence-corrected chi connectivity index (χ1v) is 9.93. The molecule has 0 saturated heterocycles. The second kappa shape index (κ2) is 10.2. The molecule has 0 aliphatic heterocycles. The number of benzene rings is 1. The number of carbonyl (C=O) groups excluding carboxylic acids is 3. The molecule has 1 atom stereocenters. The fraction of sp³-hybridized carbons (Fsp3) is 0.526. The van der Waals surface area contributed by atoms with Crippen LogP contribution in [0.4, 0.5) is 5.69 Å². The molecule has 1 saturated carbocycles. The number of carbonyl (C=O) groups is 3. The van der Waals surface area contributed by atoms with Gasteiger partial charge in [0, 0.05) is 36.5 Å². The fourth-order valence-corrected chi connectivity index (χ4v) is 3.78. The molecule has 1 aliphatic carbocycles. The van der Waals surface area contributed by atoms with Gasteiger partial charge in [0.1, 0.15) is 0 Å². The van der Waals surface area contributed by atoms with Gasteiger partial charge in [-0.2, -0.15) is 0 Å². The Bertz CT molecular complexity index is 627. The van der Waals surface area contributed by atoms with E-state index in [4.69, 9.17) is 0 Å². The maximum atomic E-state index is 12.2. The van der Waals surface area contributed by atoms with Crippen LogP contribution in [-0.2, 0) is 14.4 Å². The van der Waals surface area contributed by atoms with E-state index in [1.54, 1.807) is 0 Å². The van der Waals surface area contributed by atoms with Crippen LogP contribution in [-0.4, -0.2) is 35.6 Å². The standard InChI is InChI=1S/C19H27N3O3S/c1-13(26-17-9-7-16(8-10-17)21-14(2)23)19(25)20-12-11-18(24)22-15-5-3-4-6-15/h7-10,13,15H,3-6,11-12H2,1-2H3,(H,20,25)(H,21,23)(H,22,24). The zero-order chi connectivity index (χ0) is 18.9. The van der Waals surface area contributed by atoms with Gasteiger partial charge in [-0.05, 0) is 44.0 Å². The smallest absolute Gasteiger partial charge is 0.233 e. The Morgan fingerprint density at radius 3 is 2.42 bits per heavy atom. The third-order valence-corrected chi connectivity index (χ3v) is 5.34. The van der Waals surface area contributed by atoms with Gasteiger partial charge < -0.3 is 16.0 Å². The van der Waals surface area contributed by atoms with Crippen LogP contribution in [0.15, 0.2) is 29.2 Å². The number of nitrogens with one attached hydrogen (secondary N) is 3. The zero-order valence-corrected chi connectivity index (χ0v) is 16.2. The highest BCUT2D eigenvalue weighted by Crippen LogP contribution is 2.24. The molecule has 0 bridgehead atoms. The first-order valence-electron chi connectivity index (χ1n) is 9.05. The molecule has 7 heteroatoms. The molecule has 0 radical (unpaired) electrons. The first-order chi connectivity index (χ1) is 12.4. The van der Waals surface area contributed by atoms with E-state index in [0.717, 1.165) is 23.4 Å². The van der Waals surface area contributed by atoms with Gasteiger partial charge in [-0.3, -0.25) is 14.4 Å². The van der Waals surface area contributed by atoms with E-state index < -0.39 is 0 Å². The number of anilines is 1. The highest BCUT2D eigenvalue weighted by molar-refractivity contribution is 8.00. The number of thioether (sulfide) groups is 1. The normalized spacial score (nSPS) is 15.3. The van der Waals surface area contributed by atoms with E-state index in [9.17, 15) is 14.4 Å². The number of rotatable bonds is 8. The number of amides is 3. The van der Waals surface area contributed by atoms with Gasteiger partial charge in [0.2, 0.25) is 17.7 Å². The summed E-state index contributed by atoms with van der Waals surface area (Å²) in [7, 11) is 0. The molecule has 2 rings (SSSR count). The van der Waals surface area contributed by atoms with Crippen molar-refractivity contribution in [1.82, 2.24) is 10.6 Å². The van der Waals surface area contributed by atoms with Crippen molar-refractivity contribution in [2.75, 3.05) is 11.9 Å². The quantitative estimate of drug-likeness (QED) is 0.608. The summed E-state index contributed by atoms with van der Waals surface area (Å²) in [6.07, 6.45) is 4.80. The van der Waals surface area contributed by atoms with Crippen LogP contribution in [0.3, 0.4) is 0 Å². The Morgan fingerprint density at radius 2 is 1.81 bits per heavy atom. The van der Waals surface area contributed by atoms with Crippen LogP contribution >= 0.6 is 11.8 Å². The molecule has 1 aromatic rings. The summed E-state index contributed by atoms with van der Waals surface area (Å²) in [6.45, 7) is 3.65. The van der Waals surface area contributed by atoms with Gasteiger partial charge >= 0.3 is 0 Å². The minimum absolute atomic E-state index is 0.00562. The molecule has 3 N–H and O–H groups in total. The Balaban J connectivity index is 1.68. The van der Waals surface area contributed by atoms with Gasteiger partial charge in [-0.25, -0.2) is 0 Å². The number of hydrogen-bond acceptors (Lipinski definition) is 4. The highest BCUT2D eigenvalue weighted by Gasteiger charge is 2.18. The van der Waals surface area contributed by atoms with Gasteiger partial charge in [-0.1, -0.05) is 12.8 Å². The van der Waals surface area contributed by atoms with E-state index in [0.29, 0.717) is 19.0 Å². The second-order valence-corrected chi connectivity index (χ2v) is 7.97. The summed E-state index contributed by atoms with van der Waals surface area (Å²) in [5, 5.41) is 8.28. The molecular formula is C19H27N3O3S. The molecule has 1 aromatic carbocycles. The fourth-order valence-electron chi connectivity index (χ4n) is 2.89. The van der Waals surface area contributed by atoms with Gasteiger partial charge in [0.15, 0.2) is 0 Å². The summed E-state index contributed by atoms with van der Waals surface area (Å²) < 4.78 is 0. The van der Waals surface area contributed by atoms with Crippen molar-refractivity contribution in [2.45, 2.75) is 62.1 Å². The molecule has 1 unspecified atom stereocenters. The van der Waals surface area contributed by atoms with Crippen LogP contribution in [0, 0.1) is 0 Å². The van der Waals surface area contributed by atoms with Crippen molar-refractivity contribution in [3.8, 4) is 0 Å². The van der Waals surface area contributed by atoms with Crippen molar-refractivity contribution in [3.63, 3.8) is 0 Å². The Hall–Kier alpha value is -2.02. The minimum atomic E-state index is -0.264. The SMILES string of the molecule is CC(=O)Nc1ccc(SC(C)C(=O)NCCC(=O)NC2CCCC2)cc1. The maximum absolute atomic E-state index is 12.2. The summed E-state index contributed by atoms with van der Waals surface area (Å²) in [6, 6.07) is 7.67. The Kier molecular flexibility index (Phi) is 7.97. The summed E-state index contributed by atoms with van der Waals surface area (Å²) >= 11 is 1.44. The predicted molar refractivity (Wildman–Crippen MR) is 104 cm³/mol. The molecule has 6 nitrogen and oxygen atoms in total. The molecule has 1 aliphatic rings. The van der Waals surface area contributed by atoms with Crippen LogP contribution in [0.1, 0.15) is 46.0 Å². The minimum Gasteiger partial charge on any atom is -0.355 e. The van der Waals surface area contributed by atoms with Crippen LogP contribution in [0.25, 0.3) is 0 Å². The highest BCUT2D eigenvalue weighted by atomic mass is 32.2. The summed E-state index contributed by atoms with van der Waals surface area (Å²) in [5.74, 6) is -0.198. The first kappa shape index (κ1) is 20.3. The molecule has 1 fully saturated rings. The maximum Gasteiger partial charge on any atom is 0.233 e. The third-order valence-electron chi connectivity index (χ3n) is 4.23. The third kappa shape index (κ3) is 7.07. The van der Waals surface area contributed by atoms with Crippen LogP contribution in [0.2, 0.25) is 0 Å². The molecule has 0 aromatic heterocycles. The lowest BCUT2D eigenvalue weighted by Gasteiger charge is -2.14. The molecular weight excluding hydrogens is 350 g/mol. The molecule has 142 valence electrons. The monoisotopic (exact) mass is 377 g/mol. The average Bonchev–Trinajstić information content (AvgIpc) is 3.09. The molecule has 3 amide bonds. The predicted octanol–water partition coefficient (Wildman–Crippen LogP) is 2.69. The van der Waals surface area contributed by atoms with Crippen molar-refractivity contribution in [3.05, 3.63) is 24.3 Å². The van der Waals surface area contributed by atoms with Gasteiger partial charge in [0.05, 0.1) is 5.25 Å². The molecule has 0 heterocycles. The topological polar surface area (TPSA) is 87.3 Å². The number of hydrogen-bond donors (Lipinski definition) is 3.